The van der Waals surface area contributed by atoms with Gasteiger partial charge in [0.2, 0.25) is 5.91 Å². The summed E-state index contributed by atoms with van der Waals surface area (Å²) < 4.78 is 23.6. The van der Waals surface area contributed by atoms with Crippen LogP contribution in [-0.2, 0) is 9.53 Å². The number of carbonyl (C=O) groups is 1. The van der Waals surface area contributed by atoms with Crippen molar-refractivity contribution in [1.82, 2.24) is 0 Å². The number of rotatable bonds is 6. The summed E-state index contributed by atoms with van der Waals surface area (Å²) in [5.41, 5.74) is 4.94. The Labute approximate surface area is 111 Å². The Morgan fingerprint density at radius 3 is 2.63 bits per heavy atom. The average molecular weight is 270 g/mol. The molecule has 5 nitrogen and oxygen atoms in total. The first-order valence-electron chi connectivity index (χ1n) is 5.86. The van der Waals surface area contributed by atoms with E-state index in [-0.39, 0.29) is 18.3 Å². The van der Waals surface area contributed by atoms with Gasteiger partial charge in [-0.3, -0.25) is 4.79 Å². The Bertz CT molecular complexity index is 444. The van der Waals surface area contributed by atoms with Gasteiger partial charge in [-0.1, -0.05) is 0 Å². The van der Waals surface area contributed by atoms with E-state index in [0.717, 1.165) is 0 Å². The van der Waals surface area contributed by atoms with E-state index in [2.05, 4.69) is 5.32 Å². The highest BCUT2D eigenvalue weighted by atomic mass is 19.1. The van der Waals surface area contributed by atoms with E-state index in [9.17, 15) is 9.18 Å². The monoisotopic (exact) mass is 270 g/mol. The molecule has 0 heterocycles. The second kappa shape index (κ2) is 6.49. The molecule has 0 saturated heterocycles. The van der Waals surface area contributed by atoms with Gasteiger partial charge in [-0.2, -0.15) is 0 Å². The molecule has 3 N–H and O–H groups in total. The summed E-state index contributed by atoms with van der Waals surface area (Å²) in [7, 11) is 1.53. The fraction of sp³-hybridized carbons (Fsp3) is 0.462. The molecule has 19 heavy (non-hydrogen) atoms. The van der Waals surface area contributed by atoms with Gasteiger partial charge >= 0.3 is 0 Å². The molecule has 0 spiro atoms. The molecule has 0 aliphatic rings. The van der Waals surface area contributed by atoms with E-state index in [1.807, 2.05) is 0 Å². The summed E-state index contributed by atoms with van der Waals surface area (Å²) in [4.78, 5) is 11.6. The lowest BCUT2D eigenvalue weighted by Gasteiger charge is -2.18. The number of anilines is 1. The third kappa shape index (κ3) is 4.84. The van der Waals surface area contributed by atoms with Gasteiger partial charge < -0.3 is 20.5 Å². The van der Waals surface area contributed by atoms with Gasteiger partial charge in [-0.15, -0.1) is 0 Å². The smallest absolute Gasteiger partial charge is 0.243 e. The summed E-state index contributed by atoms with van der Waals surface area (Å²) in [6.45, 7) is 3.77. The zero-order chi connectivity index (χ0) is 14.5. The fourth-order valence-corrected chi connectivity index (χ4v) is 1.22. The summed E-state index contributed by atoms with van der Waals surface area (Å²) in [6, 6.07) is 4.19. The van der Waals surface area contributed by atoms with Crippen LogP contribution in [0.3, 0.4) is 0 Å². The number of methoxy groups -OCH3 is 1. The first-order chi connectivity index (χ1) is 8.84. The minimum Gasteiger partial charge on any atom is -0.488 e. The highest BCUT2D eigenvalue weighted by Crippen LogP contribution is 2.21. The topological polar surface area (TPSA) is 73.6 Å². The molecule has 0 bridgehead atoms. The maximum absolute atomic E-state index is 13.7. The van der Waals surface area contributed by atoms with Crippen LogP contribution in [0.1, 0.15) is 13.8 Å². The molecule has 0 saturated carbocycles. The third-order valence-corrected chi connectivity index (χ3v) is 2.32. The Morgan fingerprint density at radius 2 is 2.11 bits per heavy atom. The van der Waals surface area contributed by atoms with Gasteiger partial charge in [0, 0.05) is 18.9 Å². The van der Waals surface area contributed by atoms with Crippen LogP contribution >= 0.6 is 0 Å². The minimum absolute atomic E-state index is 0.113. The van der Waals surface area contributed by atoms with Gasteiger partial charge in [0.15, 0.2) is 11.6 Å². The minimum atomic E-state index is -1.02. The van der Waals surface area contributed by atoms with Crippen LogP contribution in [0.2, 0.25) is 0 Å². The molecular weight excluding hydrogens is 251 g/mol. The number of nitrogens with one attached hydrogen (secondary N) is 1. The molecule has 0 fully saturated rings. The number of ether oxygens (including phenoxy) is 2. The van der Waals surface area contributed by atoms with E-state index >= 15 is 0 Å². The maximum Gasteiger partial charge on any atom is 0.243 e. The number of benzene rings is 1. The highest BCUT2D eigenvalue weighted by Gasteiger charge is 2.22. The molecule has 1 rings (SSSR count). The predicted octanol–water partition coefficient (Wildman–Crippen LogP) is 1.53. The molecular formula is C13H19FN2O3. The molecule has 0 aliphatic carbocycles. The van der Waals surface area contributed by atoms with Crippen molar-refractivity contribution >= 4 is 11.6 Å². The Kier molecular flexibility index (Phi) is 5.26. The zero-order valence-corrected chi connectivity index (χ0v) is 11.3. The molecule has 1 aromatic rings. The summed E-state index contributed by atoms with van der Waals surface area (Å²) in [6.07, 6.45) is 0. The number of nitrogens with two attached hydrogens (primary N) is 1. The van der Waals surface area contributed by atoms with Crippen molar-refractivity contribution in [3.05, 3.63) is 24.0 Å². The second-order valence-electron chi connectivity index (χ2n) is 4.66. The molecule has 106 valence electrons. The van der Waals surface area contributed by atoms with Gasteiger partial charge in [0.05, 0.1) is 12.1 Å². The van der Waals surface area contributed by atoms with Crippen molar-refractivity contribution in [2.45, 2.75) is 19.4 Å². The summed E-state index contributed by atoms with van der Waals surface area (Å²) >= 11 is 0. The highest BCUT2D eigenvalue weighted by molar-refractivity contribution is 5.97. The van der Waals surface area contributed by atoms with Crippen LogP contribution in [0, 0.1) is 5.82 Å². The molecule has 1 amide bonds. The molecule has 6 heteroatoms. The molecule has 0 atom stereocenters. The lowest BCUT2D eigenvalue weighted by Crippen LogP contribution is -2.45. The van der Waals surface area contributed by atoms with Crippen molar-refractivity contribution in [3.63, 3.8) is 0 Å². The Morgan fingerprint density at radius 1 is 1.42 bits per heavy atom. The van der Waals surface area contributed by atoms with Gasteiger partial charge in [0.25, 0.3) is 0 Å². The van der Waals surface area contributed by atoms with E-state index in [1.54, 1.807) is 19.9 Å². The van der Waals surface area contributed by atoms with Crippen molar-refractivity contribution < 1.29 is 18.7 Å². The zero-order valence-electron chi connectivity index (χ0n) is 11.3. The normalized spacial score (nSPS) is 11.2. The predicted molar refractivity (Wildman–Crippen MR) is 70.7 cm³/mol. The van der Waals surface area contributed by atoms with Crippen LogP contribution in [0.25, 0.3) is 0 Å². The third-order valence-electron chi connectivity index (χ3n) is 2.32. The largest absolute Gasteiger partial charge is 0.488 e. The first-order valence-corrected chi connectivity index (χ1v) is 5.86. The van der Waals surface area contributed by atoms with Gasteiger partial charge in [0.1, 0.15) is 6.61 Å². The number of carbonyl (C=O) groups excluding carboxylic acids is 1. The molecule has 1 aromatic carbocycles. The van der Waals surface area contributed by atoms with E-state index in [1.165, 1.54) is 19.2 Å². The van der Waals surface area contributed by atoms with Crippen molar-refractivity contribution in [1.29, 1.82) is 0 Å². The number of halogens is 1. The van der Waals surface area contributed by atoms with Crippen LogP contribution in [0.5, 0.6) is 5.75 Å². The first kappa shape index (κ1) is 15.4. The van der Waals surface area contributed by atoms with Gasteiger partial charge in [-0.05, 0) is 26.0 Å². The molecule has 0 aliphatic heterocycles. The van der Waals surface area contributed by atoms with Crippen molar-refractivity contribution in [3.8, 4) is 5.75 Å². The van der Waals surface area contributed by atoms with Crippen LogP contribution in [0.15, 0.2) is 18.2 Å². The van der Waals surface area contributed by atoms with E-state index in [0.29, 0.717) is 12.3 Å². The molecule has 0 aromatic heterocycles. The SMILES string of the molecule is COCCOc1ccc(NC(=O)C(C)(C)N)cc1F. The van der Waals surface area contributed by atoms with Crippen LogP contribution in [-0.4, -0.2) is 31.8 Å². The summed E-state index contributed by atoms with van der Waals surface area (Å²) in [5, 5.41) is 2.53. The molecule has 0 radical (unpaired) electrons. The van der Waals surface area contributed by atoms with Crippen LogP contribution in [0.4, 0.5) is 10.1 Å². The van der Waals surface area contributed by atoms with Gasteiger partial charge in [-0.25, -0.2) is 4.39 Å². The fourth-order valence-electron chi connectivity index (χ4n) is 1.22. The average Bonchev–Trinajstić information content (AvgIpc) is 2.31. The Hall–Kier alpha value is -1.66. The maximum atomic E-state index is 13.7. The summed E-state index contributed by atoms with van der Waals surface area (Å²) in [5.74, 6) is -0.828. The lowest BCUT2D eigenvalue weighted by molar-refractivity contribution is -0.120. The van der Waals surface area contributed by atoms with Crippen molar-refractivity contribution in [2.75, 3.05) is 25.6 Å². The number of hydrogen-bond acceptors (Lipinski definition) is 4. The lowest BCUT2D eigenvalue weighted by atomic mass is 10.1. The van der Waals surface area contributed by atoms with Crippen molar-refractivity contribution in [2.24, 2.45) is 5.73 Å². The Balaban J connectivity index is 2.69. The quantitative estimate of drug-likeness (QED) is 0.769. The second-order valence-corrected chi connectivity index (χ2v) is 4.66. The standard InChI is InChI=1S/C13H19FN2O3/c1-13(2,15)12(17)16-9-4-5-11(10(14)8-9)19-7-6-18-3/h4-5,8H,6-7,15H2,1-3H3,(H,16,17). The van der Waals surface area contributed by atoms with E-state index in [4.69, 9.17) is 15.2 Å². The molecule has 0 unspecified atom stereocenters. The number of hydrogen-bond donors (Lipinski definition) is 2. The van der Waals surface area contributed by atoms with E-state index < -0.39 is 11.4 Å². The number of amides is 1. The van der Waals surface area contributed by atoms with Crippen LogP contribution < -0.4 is 15.8 Å².